The summed E-state index contributed by atoms with van der Waals surface area (Å²) in [5.74, 6) is 0. The molecule has 260 valence electrons. The van der Waals surface area contributed by atoms with Gasteiger partial charge in [-0.15, -0.1) is 11.3 Å². The fourth-order valence-electron chi connectivity index (χ4n) is 8.09. The number of hydrogen-bond donors (Lipinski definition) is 0. The molecule has 0 aliphatic carbocycles. The molecular weight excluding hydrogens is 683 g/mol. The summed E-state index contributed by atoms with van der Waals surface area (Å²) in [5, 5.41) is 5.13. The van der Waals surface area contributed by atoms with Crippen molar-refractivity contribution in [3.05, 3.63) is 218 Å². The third-order valence-electron chi connectivity index (χ3n) is 10.8. The predicted octanol–water partition coefficient (Wildman–Crippen LogP) is 15.2. The first kappa shape index (κ1) is 32.9. The molecule has 9 aromatic carbocycles. The summed E-state index contributed by atoms with van der Waals surface area (Å²) in [6, 6.07) is 77.3. The van der Waals surface area contributed by atoms with Gasteiger partial charge in [0, 0.05) is 27.7 Å². The van der Waals surface area contributed by atoms with Crippen molar-refractivity contribution in [2.24, 2.45) is 0 Å². The van der Waals surface area contributed by atoms with Crippen LogP contribution in [0.5, 0.6) is 0 Å². The Morgan fingerprint density at radius 3 is 1.62 bits per heavy atom. The fraction of sp³-hybridized carbons (Fsp3) is 0.0189. The second-order valence-corrected chi connectivity index (χ2v) is 15.1. The van der Waals surface area contributed by atoms with Crippen LogP contribution in [0.4, 0.5) is 11.4 Å². The average Bonchev–Trinajstić information content (AvgIpc) is 3.65. The highest BCUT2D eigenvalue weighted by Gasteiger charge is 2.20. The zero-order valence-corrected chi connectivity index (χ0v) is 31.1. The summed E-state index contributed by atoms with van der Waals surface area (Å²) in [6.07, 6.45) is 0. The molecule has 1 heterocycles. The number of anilines is 2. The van der Waals surface area contributed by atoms with Crippen LogP contribution in [0.2, 0.25) is 0 Å². The van der Waals surface area contributed by atoms with E-state index in [1.807, 2.05) is 11.3 Å². The van der Waals surface area contributed by atoms with Crippen LogP contribution in [0.1, 0.15) is 5.56 Å². The summed E-state index contributed by atoms with van der Waals surface area (Å²) in [7, 11) is 0. The Bertz CT molecular complexity index is 2920. The van der Waals surface area contributed by atoms with Crippen molar-refractivity contribution < 1.29 is 0 Å². The van der Waals surface area contributed by atoms with Crippen LogP contribution in [0.25, 0.3) is 75.5 Å². The van der Waals surface area contributed by atoms with Crippen LogP contribution in [0.3, 0.4) is 0 Å². The van der Waals surface area contributed by atoms with Crippen LogP contribution in [-0.4, -0.2) is 0 Å². The van der Waals surface area contributed by atoms with Crippen LogP contribution >= 0.6 is 11.3 Å². The normalized spacial score (nSPS) is 11.3. The van der Waals surface area contributed by atoms with Crippen molar-refractivity contribution in [1.82, 2.24) is 0 Å². The topological polar surface area (TPSA) is 3.24 Å². The molecular formula is C53H37NS. The predicted molar refractivity (Wildman–Crippen MR) is 237 cm³/mol. The van der Waals surface area contributed by atoms with Crippen molar-refractivity contribution in [2.75, 3.05) is 4.90 Å². The van der Waals surface area contributed by atoms with E-state index < -0.39 is 0 Å². The SMILES string of the molecule is c1ccc(-c2ccc(-c3ccc(N(Cc4ccccc4-c4cccc5cccc(-c6ccccc6)c45)c4cccc5c4sc4ccccc45)cc3)cc2)cc1. The first-order chi connectivity index (χ1) is 27.3. The molecule has 0 spiro atoms. The molecule has 0 atom stereocenters. The van der Waals surface area contributed by atoms with Gasteiger partial charge in [0.05, 0.1) is 10.4 Å². The maximum absolute atomic E-state index is 2.52. The lowest BCUT2D eigenvalue weighted by molar-refractivity contribution is 0.984. The zero-order valence-electron chi connectivity index (χ0n) is 30.3. The van der Waals surface area contributed by atoms with Crippen LogP contribution in [0.15, 0.2) is 212 Å². The zero-order chi connectivity index (χ0) is 36.6. The maximum Gasteiger partial charge on any atom is 0.0595 e. The summed E-state index contributed by atoms with van der Waals surface area (Å²) in [6.45, 7) is 0.707. The highest BCUT2D eigenvalue weighted by Crippen LogP contribution is 2.44. The van der Waals surface area contributed by atoms with Crippen LogP contribution in [-0.2, 0) is 6.54 Å². The van der Waals surface area contributed by atoms with E-state index in [0.29, 0.717) is 6.54 Å². The van der Waals surface area contributed by atoms with Crippen molar-refractivity contribution >= 4 is 53.7 Å². The molecule has 2 heteroatoms. The van der Waals surface area contributed by atoms with E-state index in [9.17, 15) is 0 Å². The van der Waals surface area contributed by atoms with Gasteiger partial charge in [-0.3, -0.25) is 0 Å². The van der Waals surface area contributed by atoms with Gasteiger partial charge in [0.1, 0.15) is 0 Å². The number of rotatable bonds is 8. The molecule has 10 rings (SSSR count). The van der Waals surface area contributed by atoms with Crippen molar-refractivity contribution in [2.45, 2.75) is 6.54 Å². The monoisotopic (exact) mass is 719 g/mol. The molecule has 0 aliphatic rings. The Labute approximate surface area is 326 Å². The van der Waals surface area contributed by atoms with Gasteiger partial charge in [0.25, 0.3) is 0 Å². The van der Waals surface area contributed by atoms with Gasteiger partial charge in [-0.1, -0.05) is 188 Å². The van der Waals surface area contributed by atoms with Gasteiger partial charge in [-0.25, -0.2) is 0 Å². The molecule has 0 unspecified atom stereocenters. The fourth-order valence-corrected chi connectivity index (χ4v) is 9.32. The Morgan fingerprint density at radius 1 is 0.364 bits per heavy atom. The van der Waals surface area contributed by atoms with Crippen molar-refractivity contribution in [3.63, 3.8) is 0 Å². The number of hydrogen-bond acceptors (Lipinski definition) is 2. The number of fused-ring (bicyclic) bond motifs is 4. The molecule has 1 aromatic heterocycles. The van der Waals surface area contributed by atoms with E-state index in [1.54, 1.807) is 0 Å². The lowest BCUT2D eigenvalue weighted by Gasteiger charge is -2.27. The van der Waals surface area contributed by atoms with Gasteiger partial charge in [-0.05, 0) is 85.1 Å². The van der Waals surface area contributed by atoms with E-state index in [-0.39, 0.29) is 0 Å². The van der Waals surface area contributed by atoms with E-state index in [1.165, 1.54) is 86.7 Å². The lowest BCUT2D eigenvalue weighted by atomic mass is 9.89. The molecule has 1 nitrogen and oxygen atoms in total. The molecule has 10 aromatic rings. The first-order valence-corrected chi connectivity index (χ1v) is 19.7. The second-order valence-electron chi connectivity index (χ2n) is 14.1. The van der Waals surface area contributed by atoms with Gasteiger partial charge in [0.15, 0.2) is 0 Å². The van der Waals surface area contributed by atoms with Gasteiger partial charge >= 0.3 is 0 Å². The van der Waals surface area contributed by atoms with Crippen LogP contribution in [0, 0.1) is 0 Å². The number of thiophene rings is 1. The molecule has 0 aliphatic heterocycles. The largest absolute Gasteiger partial charge is 0.336 e. The van der Waals surface area contributed by atoms with Gasteiger partial charge < -0.3 is 4.90 Å². The van der Waals surface area contributed by atoms with Gasteiger partial charge in [0.2, 0.25) is 0 Å². The minimum Gasteiger partial charge on any atom is -0.336 e. The van der Waals surface area contributed by atoms with E-state index in [0.717, 1.165) is 5.69 Å². The second kappa shape index (κ2) is 14.2. The molecule has 55 heavy (non-hydrogen) atoms. The molecule has 0 saturated carbocycles. The minimum atomic E-state index is 0.707. The lowest BCUT2D eigenvalue weighted by Crippen LogP contribution is -2.17. The molecule has 0 amide bonds. The standard InChI is InChI=1S/C53H37NS/c1-3-14-37(15-4-1)38-28-30-39(31-29-38)40-32-34-44(35-33-40)54(50-26-13-25-49-47-22-9-10-27-51(47)55-53(49)50)36-43-18-7-8-21-45(43)48-24-12-20-42-19-11-23-46(52(42)48)41-16-5-2-6-17-41/h1-35H,36H2. The Kier molecular flexibility index (Phi) is 8.51. The molecule has 0 saturated heterocycles. The minimum absolute atomic E-state index is 0.707. The molecule has 0 N–H and O–H groups in total. The smallest absolute Gasteiger partial charge is 0.0595 e. The Balaban J connectivity index is 1.10. The van der Waals surface area contributed by atoms with Crippen molar-refractivity contribution in [1.29, 1.82) is 0 Å². The summed E-state index contributed by atoms with van der Waals surface area (Å²) in [4.78, 5) is 2.52. The third-order valence-corrected chi connectivity index (χ3v) is 12.0. The average molecular weight is 720 g/mol. The highest BCUT2D eigenvalue weighted by atomic mass is 32.1. The number of nitrogens with zero attached hydrogens (tertiary/aromatic N) is 1. The van der Waals surface area contributed by atoms with Crippen LogP contribution < -0.4 is 4.90 Å². The van der Waals surface area contributed by atoms with E-state index in [4.69, 9.17) is 0 Å². The highest BCUT2D eigenvalue weighted by molar-refractivity contribution is 7.26. The van der Waals surface area contributed by atoms with E-state index in [2.05, 4.69) is 217 Å². The van der Waals surface area contributed by atoms with Gasteiger partial charge in [-0.2, -0.15) is 0 Å². The summed E-state index contributed by atoms with van der Waals surface area (Å²) < 4.78 is 2.61. The summed E-state index contributed by atoms with van der Waals surface area (Å²) in [5.41, 5.74) is 13.5. The maximum atomic E-state index is 2.52. The molecule has 0 radical (unpaired) electrons. The summed E-state index contributed by atoms with van der Waals surface area (Å²) >= 11 is 1.88. The first-order valence-electron chi connectivity index (χ1n) is 18.9. The molecule has 0 bridgehead atoms. The molecule has 0 fully saturated rings. The Hall–Kier alpha value is -6.74. The Morgan fingerprint density at radius 2 is 0.891 bits per heavy atom. The third kappa shape index (κ3) is 6.17. The quantitative estimate of drug-likeness (QED) is 0.151. The van der Waals surface area contributed by atoms with Crippen molar-refractivity contribution in [3.8, 4) is 44.5 Å². The van der Waals surface area contributed by atoms with E-state index >= 15 is 0 Å². The number of benzene rings is 9.